The summed E-state index contributed by atoms with van der Waals surface area (Å²) in [6, 6.07) is 30.0. The first-order valence-corrected chi connectivity index (χ1v) is 9.13. The van der Waals surface area contributed by atoms with Crippen molar-refractivity contribution in [3.05, 3.63) is 107 Å². The number of hydrogen-bond acceptors (Lipinski definition) is 1. The standard InChI is InChI=1S/C25H20O/c1-16(26)18-15-14-17-8-2-3-9-19(17)24(18)25-22-12-6-4-10-20(22)21-11-5-7-13-23(21)25/h2-16,25-26H,1H3. The highest BCUT2D eigenvalue weighted by atomic mass is 16.3. The molecule has 1 N–H and O–H groups in total. The molecule has 1 nitrogen and oxygen atoms in total. The molecule has 0 saturated heterocycles. The molecule has 0 amide bonds. The van der Waals surface area contributed by atoms with E-state index in [1.165, 1.54) is 38.6 Å². The zero-order valence-corrected chi connectivity index (χ0v) is 14.7. The van der Waals surface area contributed by atoms with Gasteiger partial charge in [-0.25, -0.2) is 0 Å². The normalized spacial score (nSPS) is 14.2. The third-order valence-corrected chi connectivity index (χ3v) is 5.58. The van der Waals surface area contributed by atoms with Gasteiger partial charge in [-0.05, 0) is 51.1 Å². The molecule has 126 valence electrons. The van der Waals surface area contributed by atoms with E-state index in [9.17, 15) is 5.11 Å². The lowest BCUT2D eigenvalue weighted by atomic mass is 9.82. The molecule has 1 unspecified atom stereocenters. The van der Waals surface area contributed by atoms with Crippen molar-refractivity contribution in [3.63, 3.8) is 0 Å². The van der Waals surface area contributed by atoms with Crippen molar-refractivity contribution in [2.45, 2.75) is 18.9 Å². The first-order valence-electron chi connectivity index (χ1n) is 9.13. The zero-order chi connectivity index (χ0) is 17.7. The van der Waals surface area contributed by atoms with Crippen LogP contribution < -0.4 is 0 Å². The summed E-state index contributed by atoms with van der Waals surface area (Å²) in [4.78, 5) is 0. The third-order valence-electron chi connectivity index (χ3n) is 5.58. The van der Waals surface area contributed by atoms with Crippen molar-refractivity contribution in [3.8, 4) is 11.1 Å². The van der Waals surface area contributed by atoms with Gasteiger partial charge < -0.3 is 5.11 Å². The van der Waals surface area contributed by atoms with E-state index in [4.69, 9.17) is 0 Å². The average Bonchev–Trinajstić information content (AvgIpc) is 3.01. The van der Waals surface area contributed by atoms with Gasteiger partial charge in [0.05, 0.1) is 6.10 Å². The molecule has 5 rings (SSSR count). The van der Waals surface area contributed by atoms with Gasteiger partial charge in [-0.2, -0.15) is 0 Å². The second kappa shape index (κ2) is 5.82. The van der Waals surface area contributed by atoms with Gasteiger partial charge in [-0.3, -0.25) is 0 Å². The van der Waals surface area contributed by atoms with Gasteiger partial charge in [0.1, 0.15) is 0 Å². The largest absolute Gasteiger partial charge is 0.389 e. The van der Waals surface area contributed by atoms with Crippen LogP contribution in [0.15, 0.2) is 84.9 Å². The van der Waals surface area contributed by atoms with Crippen molar-refractivity contribution in [1.82, 2.24) is 0 Å². The summed E-state index contributed by atoms with van der Waals surface area (Å²) in [7, 11) is 0. The molecule has 0 spiro atoms. The molecule has 1 aliphatic rings. The molecule has 0 saturated carbocycles. The van der Waals surface area contributed by atoms with E-state index >= 15 is 0 Å². The highest BCUT2D eigenvalue weighted by Crippen LogP contribution is 2.50. The second-order valence-corrected chi connectivity index (χ2v) is 7.07. The van der Waals surface area contributed by atoms with Crippen LogP contribution in [0.2, 0.25) is 0 Å². The van der Waals surface area contributed by atoms with Gasteiger partial charge in [0.2, 0.25) is 0 Å². The maximum Gasteiger partial charge on any atom is 0.0765 e. The molecular weight excluding hydrogens is 316 g/mol. The minimum Gasteiger partial charge on any atom is -0.389 e. The lowest BCUT2D eigenvalue weighted by Gasteiger charge is -2.22. The molecule has 4 aromatic rings. The molecule has 0 heterocycles. The molecule has 0 radical (unpaired) electrons. The monoisotopic (exact) mass is 336 g/mol. The van der Waals surface area contributed by atoms with Crippen LogP contribution in [-0.4, -0.2) is 5.11 Å². The molecule has 1 heteroatoms. The lowest BCUT2D eigenvalue weighted by molar-refractivity contribution is 0.198. The van der Waals surface area contributed by atoms with E-state index in [1.54, 1.807) is 0 Å². The van der Waals surface area contributed by atoms with E-state index in [1.807, 2.05) is 6.92 Å². The number of hydrogen-bond donors (Lipinski definition) is 1. The Labute approximate surface area is 153 Å². The first-order chi connectivity index (χ1) is 12.8. The fraction of sp³-hybridized carbons (Fsp3) is 0.120. The van der Waals surface area contributed by atoms with Crippen LogP contribution in [0.25, 0.3) is 21.9 Å². The Bertz CT molecular complexity index is 1080. The topological polar surface area (TPSA) is 20.2 Å². The average molecular weight is 336 g/mol. The van der Waals surface area contributed by atoms with Crippen LogP contribution in [-0.2, 0) is 0 Å². The summed E-state index contributed by atoms with van der Waals surface area (Å²) in [6.07, 6.45) is -0.505. The molecule has 4 aromatic carbocycles. The Morgan fingerprint density at radius 3 is 1.92 bits per heavy atom. The Kier molecular flexibility index (Phi) is 3.44. The number of aliphatic hydroxyl groups is 1. The predicted molar refractivity (Wildman–Crippen MR) is 107 cm³/mol. The number of benzene rings is 4. The quantitative estimate of drug-likeness (QED) is 0.416. The zero-order valence-electron chi connectivity index (χ0n) is 14.7. The summed E-state index contributed by atoms with van der Waals surface area (Å²) < 4.78 is 0. The molecule has 0 bridgehead atoms. The summed E-state index contributed by atoms with van der Waals surface area (Å²) in [6.45, 7) is 1.86. The maximum absolute atomic E-state index is 10.5. The number of rotatable bonds is 2. The minimum atomic E-state index is -0.505. The molecule has 1 aliphatic carbocycles. The molecule has 26 heavy (non-hydrogen) atoms. The molecule has 0 aliphatic heterocycles. The highest BCUT2D eigenvalue weighted by Gasteiger charge is 2.32. The number of aliphatic hydroxyl groups excluding tert-OH is 1. The van der Waals surface area contributed by atoms with Gasteiger partial charge in [-0.15, -0.1) is 0 Å². The van der Waals surface area contributed by atoms with Crippen LogP contribution in [0.4, 0.5) is 0 Å². The van der Waals surface area contributed by atoms with Crippen molar-refractivity contribution in [1.29, 1.82) is 0 Å². The smallest absolute Gasteiger partial charge is 0.0765 e. The van der Waals surface area contributed by atoms with Gasteiger partial charge in [-0.1, -0.05) is 84.9 Å². The Hall–Kier alpha value is -2.90. The van der Waals surface area contributed by atoms with Crippen molar-refractivity contribution >= 4 is 10.8 Å². The van der Waals surface area contributed by atoms with E-state index in [2.05, 4.69) is 84.9 Å². The molecule has 0 fully saturated rings. The van der Waals surface area contributed by atoms with Gasteiger partial charge >= 0.3 is 0 Å². The summed E-state index contributed by atoms with van der Waals surface area (Å²) in [5.74, 6) is 0.151. The van der Waals surface area contributed by atoms with Crippen molar-refractivity contribution in [2.24, 2.45) is 0 Å². The van der Waals surface area contributed by atoms with E-state index in [0.29, 0.717) is 0 Å². The molecular formula is C25H20O. The first kappa shape index (κ1) is 15.4. The van der Waals surface area contributed by atoms with Crippen LogP contribution in [0.3, 0.4) is 0 Å². The minimum absolute atomic E-state index is 0.151. The Balaban J connectivity index is 1.90. The maximum atomic E-state index is 10.5. The SMILES string of the molecule is CC(O)c1ccc2ccccc2c1C1c2ccccc2-c2ccccc21. The molecule has 1 atom stereocenters. The van der Waals surface area contributed by atoms with Crippen LogP contribution >= 0.6 is 0 Å². The lowest BCUT2D eigenvalue weighted by Crippen LogP contribution is -2.07. The number of fused-ring (bicyclic) bond motifs is 4. The van der Waals surface area contributed by atoms with E-state index in [0.717, 1.165) is 5.56 Å². The van der Waals surface area contributed by atoms with E-state index in [-0.39, 0.29) is 5.92 Å². The second-order valence-electron chi connectivity index (χ2n) is 7.07. The van der Waals surface area contributed by atoms with Crippen LogP contribution in [0.5, 0.6) is 0 Å². The predicted octanol–water partition coefficient (Wildman–Crippen LogP) is 6.05. The highest BCUT2D eigenvalue weighted by molar-refractivity contribution is 5.91. The van der Waals surface area contributed by atoms with Gasteiger partial charge in [0, 0.05) is 5.92 Å². The summed E-state index contributed by atoms with van der Waals surface area (Å²) >= 11 is 0. The summed E-state index contributed by atoms with van der Waals surface area (Å²) in [5, 5.41) is 13.0. The molecule has 0 aromatic heterocycles. The Morgan fingerprint density at radius 1 is 0.692 bits per heavy atom. The van der Waals surface area contributed by atoms with Crippen LogP contribution in [0, 0.1) is 0 Å². The van der Waals surface area contributed by atoms with E-state index < -0.39 is 6.10 Å². The fourth-order valence-electron chi connectivity index (χ4n) is 4.47. The Morgan fingerprint density at radius 2 is 1.27 bits per heavy atom. The fourth-order valence-corrected chi connectivity index (χ4v) is 4.47. The third kappa shape index (κ3) is 2.14. The van der Waals surface area contributed by atoms with Gasteiger partial charge in [0.25, 0.3) is 0 Å². The van der Waals surface area contributed by atoms with Crippen molar-refractivity contribution < 1.29 is 5.11 Å². The van der Waals surface area contributed by atoms with Gasteiger partial charge in [0.15, 0.2) is 0 Å². The van der Waals surface area contributed by atoms with Crippen molar-refractivity contribution in [2.75, 3.05) is 0 Å². The van der Waals surface area contributed by atoms with Crippen LogP contribution in [0.1, 0.15) is 41.2 Å². The summed E-state index contributed by atoms with van der Waals surface area (Å²) in [5.41, 5.74) is 7.50.